The van der Waals surface area contributed by atoms with Crippen molar-refractivity contribution in [2.45, 2.75) is 4.90 Å². The first-order chi connectivity index (χ1) is 17.2. The van der Waals surface area contributed by atoms with Crippen LogP contribution >= 0.6 is 0 Å². The predicted octanol–water partition coefficient (Wildman–Crippen LogP) is 3.87. The first kappa shape index (κ1) is 21.9. The van der Waals surface area contributed by atoms with Gasteiger partial charge in [-0.05, 0) is 47.1 Å². The minimum atomic E-state index is -1.27. The Bertz CT molecular complexity index is 1540. The summed E-state index contributed by atoms with van der Waals surface area (Å²) in [5, 5.41) is 10.00. The first-order valence-corrected chi connectivity index (χ1v) is 12.9. The SMILES string of the molecule is CNS(=O)c1ccc(-c2cnn3cc(-c4ccc(N5CCNCC5)cc4)cnc23)c2ccccc12. The van der Waals surface area contributed by atoms with Crippen LogP contribution in [0.15, 0.2) is 84.1 Å². The van der Waals surface area contributed by atoms with E-state index in [1.165, 1.54) is 5.69 Å². The molecule has 1 saturated heterocycles. The number of benzene rings is 3. The average Bonchev–Trinajstić information content (AvgIpc) is 3.35. The van der Waals surface area contributed by atoms with Gasteiger partial charge in [-0.25, -0.2) is 18.4 Å². The average molecular weight is 483 g/mol. The monoisotopic (exact) mass is 482 g/mol. The molecular weight excluding hydrogens is 456 g/mol. The standard InChI is InChI=1S/C27H26N6OS/c1-28-35(34)26-11-10-23(22-4-2-3-5-24(22)26)25-17-31-33-18-20(16-30-27(25)33)19-6-8-21(9-7-19)32-14-12-29-13-15-32/h2-11,16-18,28-29H,12-15H2,1H3. The molecule has 2 N–H and O–H groups in total. The zero-order valence-corrected chi connectivity index (χ0v) is 20.3. The summed E-state index contributed by atoms with van der Waals surface area (Å²) in [6.07, 6.45) is 5.79. The van der Waals surface area contributed by atoms with Crippen LogP contribution < -0.4 is 14.9 Å². The Morgan fingerprint density at radius 2 is 1.66 bits per heavy atom. The molecule has 6 rings (SSSR count). The van der Waals surface area contributed by atoms with Gasteiger partial charge in [-0.15, -0.1) is 0 Å². The van der Waals surface area contributed by atoms with Crippen LogP contribution in [0.3, 0.4) is 0 Å². The normalized spacial score (nSPS) is 15.1. The molecule has 3 heterocycles. The fourth-order valence-corrected chi connectivity index (χ4v) is 5.57. The van der Waals surface area contributed by atoms with Crippen LogP contribution in [-0.4, -0.2) is 52.0 Å². The summed E-state index contributed by atoms with van der Waals surface area (Å²) in [5.74, 6) is 0. The van der Waals surface area contributed by atoms with Gasteiger partial charge in [-0.2, -0.15) is 5.10 Å². The highest BCUT2D eigenvalue weighted by Crippen LogP contribution is 2.34. The topological polar surface area (TPSA) is 74.6 Å². The Morgan fingerprint density at radius 3 is 2.43 bits per heavy atom. The quantitative estimate of drug-likeness (QED) is 0.398. The van der Waals surface area contributed by atoms with Gasteiger partial charge in [0.2, 0.25) is 0 Å². The fourth-order valence-electron chi connectivity index (χ4n) is 4.78. The Labute approximate surface area is 206 Å². The van der Waals surface area contributed by atoms with Crippen molar-refractivity contribution in [1.29, 1.82) is 0 Å². The molecule has 0 spiro atoms. The molecule has 0 radical (unpaired) electrons. The highest BCUT2D eigenvalue weighted by molar-refractivity contribution is 7.83. The van der Waals surface area contributed by atoms with Crippen molar-refractivity contribution in [2.24, 2.45) is 0 Å². The van der Waals surface area contributed by atoms with Crippen molar-refractivity contribution in [3.63, 3.8) is 0 Å². The van der Waals surface area contributed by atoms with Crippen molar-refractivity contribution < 1.29 is 4.21 Å². The zero-order valence-electron chi connectivity index (χ0n) is 19.4. The molecule has 7 nitrogen and oxygen atoms in total. The Morgan fingerprint density at radius 1 is 0.886 bits per heavy atom. The molecule has 2 aromatic heterocycles. The molecule has 1 unspecified atom stereocenters. The van der Waals surface area contributed by atoms with Gasteiger partial charge in [0.25, 0.3) is 0 Å². The molecule has 0 saturated carbocycles. The van der Waals surface area contributed by atoms with E-state index in [2.05, 4.69) is 50.4 Å². The third-order valence-corrected chi connectivity index (χ3v) is 7.72. The van der Waals surface area contributed by atoms with Crippen LogP contribution in [0.2, 0.25) is 0 Å². The summed E-state index contributed by atoms with van der Waals surface area (Å²) < 4.78 is 17.2. The van der Waals surface area contributed by atoms with Crippen LogP contribution in [-0.2, 0) is 11.0 Å². The van der Waals surface area contributed by atoms with E-state index in [-0.39, 0.29) is 0 Å². The lowest BCUT2D eigenvalue weighted by Gasteiger charge is -2.29. The van der Waals surface area contributed by atoms with E-state index < -0.39 is 11.0 Å². The van der Waals surface area contributed by atoms with Crippen molar-refractivity contribution in [3.05, 3.63) is 79.3 Å². The molecule has 5 aromatic rings. The highest BCUT2D eigenvalue weighted by Gasteiger charge is 2.16. The lowest BCUT2D eigenvalue weighted by molar-refractivity contribution is 0.589. The largest absolute Gasteiger partial charge is 0.369 e. The smallest absolute Gasteiger partial charge is 0.162 e. The summed E-state index contributed by atoms with van der Waals surface area (Å²) in [6.45, 7) is 4.11. The first-order valence-electron chi connectivity index (χ1n) is 11.7. The summed E-state index contributed by atoms with van der Waals surface area (Å²) in [7, 11) is 0.431. The van der Waals surface area contributed by atoms with Crippen molar-refractivity contribution >= 4 is 33.1 Å². The van der Waals surface area contributed by atoms with Gasteiger partial charge in [0.15, 0.2) is 5.65 Å². The van der Waals surface area contributed by atoms with E-state index in [1.54, 1.807) is 7.05 Å². The van der Waals surface area contributed by atoms with Gasteiger partial charge in [0.1, 0.15) is 11.0 Å². The molecular formula is C27H26N6OS. The van der Waals surface area contributed by atoms with E-state index in [1.807, 2.05) is 53.4 Å². The van der Waals surface area contributed by atoms with Crippen LogP contribution in [0, 0.1) is 0 Å². The highest BCUT2D eigenvalue weighted by atomic mass is 32.2. The van der Waals surface area contributed by atoms with Crippen LogP contribution in [0.25, 0.3) is 38.7 Å². The molecule has 1 fully saturated rings. The number of anilines is 1. The van der Waals surface area contributed by atoms with E-state index in [0.717, 1.165) is 69.7 Å². The summed E-state index contributed by atoms with van der Waals surface area (Å²) >= 11 is 0. The zero-order chi connectivity index (χ0) is 23.8. The molecule has 0 aliphatic carbocycles. The molecule has 0 bridgehead atoms. The molecule has 8 heteroatoms. The number of aromatic nitrogens is 3. The number of nitrogens with one attached hydrogen (secondary N) is 2. The number of hydrogen-bond donors (Lipinski definition) is 2. The van der Waals surface area contributed by atoms with Gasteiger partial charge < -0.3 is 10.2 Å². The van der Waals surface area contributed by atoms with Crippen molar-refractivity contribution in [1.82, 2.24) is 24.6 Å². The molecule has 1 aliphatic heterocycles. The van der Waals surface area contributed by atoms with Gasteiger partial charge >= 0.3 is 0 Å². The third-order valence-electron chi connectivity index (χ3n) is 6.60. The molecule has 1 atom stereocenters. The number of nitrogens with zero attached hydrogens (tertiary/aromatic N) is 4. The maximum Gasteiger partial charge on any atom is 0.162 e. The lowest BCUT2D eigenvalue weighted by atomic mass is 10.00. The van der Waals surface area contributed by atoms with Gasteiger partial charge in [0.05, 0.1) is 11.1 Å². The number of hydrogen-bond acceptors (Lipinski definition) is 5. The van der Waals surface area contributed by atoms with E-state index in [9.17, 15) is 4.21 Å². The molecule has 35 heavy (non-hydrogen) atoms. The minimum absolute atomic E-state index is 0.767. The van der Waals surface area contributed by atoms with Crippen LogP contribution in [0.4, 0.5) is 5.69 Å². The lowest BCUT2D eigenvalue weighted by Crippen LogP contribution is -2.43. The second kappa shape index (κ2) is 9.22. The number of fused-ring (bicyclic) bond motifs is 2. The van der Waals surface area contributed by atoms with Crippen LogP contribution in [0.1, 0.15) is 0 Å². The second-order valence-electron chi connectivity index (χ2n) is 8.58. The van der Waals surface area contributed by atoms with Gasteiger partial charge in [0, 0.05) is 55.4 Å². The van der Waals surface area contributed by atoms with Crippen molar-refractivity contribution in [3.8, 4) is 22.3 Å². The van der Waals surface area contributed by atoms with Gasteiger partial charge in [-0.1, -0.05) is 42.5 Å². The second-order valence-corrected chi connectivity index (χ2v) is 9.97. The molecule has 0 amide bonds. The van der Waals surface area contributed by atoms with Crippen molar-refractivity contribution in [2.75, 3.05) is 38.1 Å². The van der Waals surface area contributed by atoms with E-state index in [4.69, 9.17) is 4.98 Å². The number of rotatable bonds is 5. The summed E-state index contributed by atoms with van der Waals surface area (Å²) in [4.78, 5) is 7.97. The molecule has 176 valence electrons. The van der Waals surface area contributed by atoms with Gasteiger partial charge in [-0.3, -0.25) is 0 Å². The maximum absolute atomic E-state index is 12.5. The maximum atomic E-state index is 12.5. The minimum Gasteiger partial charge on any atom is -0.369 e. The Balaban J connectivity index is 1.37. The number of piperazine rings is 1. The van der Waals surface area contributed by atoms with E-state index in [0.29, 0.717) is 0 Å². The van der Waals surface area contributed by atoms with Crippen LogP contribution in [0.5, 0.6) is 0 Å². The Hall–Kier alpha value is -3.59. The molecule has 3 aromatic carbocycles. The predicted molar refractivity (Wildman–Crippen MR) is 142 cm³/mol. The van der Waals surface area contributed by atoms with E-state index >= 15 is 0 Å². The summed E-state index contributed by atoms with van der Waals surface area (Å²) in [5.41, 5.74) is 6.14. The molecule has 1 aliphatic rings. The fraction of sp³-hybridized carbons (Fsp3) is 0.185. The third kappa shape index (κ3) is 3.99. The Kier molecular flexibility index (Phi) is 5.77. The summed E-state index contributed by atoms with van der Waals surface area (Å²) in [6, 6.07) is 20.6.